The molecule has 0 aromatic heterocycles. The topological polar surface area (TPSA) is 9.72 Å². The Bertz CT molecular complexity index is 4240. The Balaban J connectivity index is 1.17. The summed E-state index contributed by atoms with van der Waals surface area (Å²) in [4.78, 5) is 7.38. The van der Waals surface area contributed by atoms with Crippen molar-refractivity contribution in [2.45, 2.75) is 176 Å². The highest BCUT2D eigenvalue weighted by atomic mass is 15.2. The minimum Gasteiger partial charge on any atom is -0.311 e. The first-order valence-electron chi connectivity index (χ1n) is 32.7. The molecule has 0 atom stereocenters. The molecular weight excluding hydrogens is 1030 g/mol. The Kier molecular flexibility index (Phi) is 11.8. The molecule has 4 aliphatic rings. The van der Waals surface area contributed by atoms with Gasteiger partial charge in [-0.15, -0.1) is 0 Å². The second-order valence-corrected chi connectivity index (χ2v) is 30.9. The average molecular weight is 1120 g/mol. The van der Waals surface area contributed by atoms with Gasteiger partial charge in [-0.05, 0) is 209 Å². The number of benzene rings is 9. The van der Waals surface area contributed by atoms with Crippen molar-refractivity contribution >= 4 is 74.3 Å². The molecule has 430 valence electrons. The molecule has 0 spiro atoms. The summed E-state index contributed by atoms with van der Waals surface area (Å²) in [5.74, 6) is 0. The van der Waals surface area contributed by atoms with E-state index in [9.17, 15) is 4.11 Å². The summed E-state index contributed by atoms with van der Waals surface area (Å²) in [7, 11) is 0. The van der Waals surface area contributed by atoms with Crippen LogP contribution in [0.25, 0.3) is 11.1 Å². The molecule has 2 aliphatic carbocycles. The lowest BCUT2D eigenvalue weighted by Gasteiger charge is -2.47. The van der Waals surface area contributed by atoms with Crippen LogP contribution >= 0.6 is 0 Å². The zero-order valence-electron chi connectivity index (χ0n) is 56.9. The fourth-order valence-electron chi connectivity index (χ4n) is 15.7. The average Bonchev–Trinajstić information content (AvgIpc) is 0.831. The summed E-state index contributed by atoms with van der Waals surface area (Å²) >= 11 is 0. The Morgan fingerprint density at radius 1 is 0.412 bits per heavy atom. The fraction of sp³-hybridized carbons (Fsp3) is 0.333. The van der Waals surface area contributed by atoms with Gasteiger partial charge in [0.15, 0.2) is 0 Å². The van der Waals surface area contributed by atoms with Gasteiger partial charge in [-0.25, -0.2) is 0 Å². The summed E-state index contributed by atoms with van der Waals surface area (Å²) in [6, 6.07) is 66.3. The molecule has 0 amide bonds. The predicted molar refractivity (Wildman–Crippen MR) is 368 cm³/mol. The Hall–Kier alpha value is -7.56. The van der Waals surface area contributed by atoms with Crippen LogP contribution < -0.4 is 31.1 Å². The summed E-state index contributed by atoms with van der Waals surface area (Å²) < 4.78 is 28.5. The molecule has 13 rings (SSSR count). The molecule has 0 fully saturated rings. The van der Waals surface area contributed by atoms with E-state index in [-0.39, 0.29) is 44.6 Å². The van der Waals surface area contributed by atoms with Gasteiger partial charge < -0.3 is 14.7 Å². The van der Waals surface area contributed by atoms with E-state index in [1.165, 1.54) is 55.5 Å². The van der Waals surface area contributed by atoms with Gasteiger partial charge in [0.2, 0.25) is 0 Å². The van der Waals surface area contributed by atoms with Gasteiger partial charge >= 0.3 is 0 Å². The molecule has 0 radical (unpaired) electrons. The lowest BCUT2D eigenvalue weighted by Crippen LogP contribution is -2.61. The van der Waals surface area contributed by atoms with Gasteiger partial charge in [0.05, 0.1) is 5.69 Å². The molecule has 0 unspecified atom stereocenters. The molecule has 9 aromatic rings. The van der Waals surface area contributed by atoms with E-state index >= 15 is 0 Å². The van der Waals surface area contributed by atoms with Crippen LogP contribution in [0.5, 0.6) is 0 Å². The molecule has 85 heavy (non-hydrogen) atoms. The third kappa shape index (κ3) is 8.96. The molecule has 0 saturated heterocycles. The second-order valence-electron chi connectivity index (χ2n) is 30.9. The van der Waals surface area contributed by atoms with E-state index in [1.807, 2.05) is 12.1 Å². The Morgan fingerprint density at radius 2 is 0.871 bits per heavy atom. The molecule has 9 aromatic carbocycles. The highest BCUT2D eigenvalue weighted by Crippen LogP contribution is 2.56. The third-order valence-electron chi connectivity index (χ3n) is 20.2. The predicted octanol–water partition coefficient (Wildman–Crippen LogP) is 20.3. The van der Waals surface area contributed by atoms with Crippen LogP contribution in [0.1, 0.15) is 189 Å². The van der Waals surface area contributed by atoms with Crippen LogP contribution in [0.3, 0.4) is 0 Å². The first-order chi connectivity index (χ1) is 41.1. The van der Waals surface area contributed by atoms with E-state index in [1.54, 1.807) is 0 Å². The minimum atomic E-state index is -2.45. The maximum Gasteiger partial charge on any atom is 0.252 e. The molecule has 0 N–H and O–H groups in total. The third-order valence-corrected chi connectivity index (χ3v) is 20.2. The zero-order valence-corrected chi connectivity index (χ0v) is 53.9. The maximum atomic E-state index is 9.49. The van der Waals surface area contributed by atoms with Gasteiger partial charge in [0.25, 0.3) is 6.71 Å². The van der Waals surface area contributed by atoms with Crippen molar-refractivity contribution in [1.82, 2.24) is 0 Å². The van der Waals surface area contributed by atoms with Crippen molar-refractivity contribution in [2.75, 3.05) is 14.7 Å². The summed E-state index contributed by atoms with van der Waals surface area (Å²) in [6.45, 7) is 39.3. The number of aryl methyl sites for hydroxylation is 2. The molecule has 4 heteroatoms. The smallest absolute Gasteiger partial charge is 0.252 e. The van der Waals surface area contributed by atoms with Crippen molar-refractivity contribution in [2.24, 2.45) is 0 Å². The van der Waals surface area contributed by atoms with Crippen molar-refractivity contribution in [1.29, 1.82) is 0 Å². The first-order valence-corrected chi connectivity index (χ1v) is 31.2. The minimum absolute atomic E-state index is 0.0245. The van der Waals surface area contributed by atoms with Gasteiger partial charge in [-0.1, -0.05) is 215 Å². The first kappa shape index (κ1) is 53.0. The lowest BCUT2D eigenvalue weighted by molar-refractivity contribution is 0.403. The fourth-order valence-corrected chi connectivity index (χ4v) is 15.7. The number of nitrogens with zero attached hydrogens (tertiary/aromatic N) is 3. The zero-order chi connectivity index (χ0) is 63.0. The summed E-state index contributed by atoms with van der Waals surface area (Å²) in [5, 5.41) is 0. The lowest BCUT2D eigenvalue weighted by atomic mass is 9.33. The van der Waals surface area contributed by atoms with E-state index < -0.39 is 6.85 Å². The molecule has 2 heterocycles. The number of fused-ring (bicyclic) bond motifs is 7. The highest BCUT2D eigenvalue weighted by molar-refractivity contribution is 7.00. The van der Waals surface area contributed by atoms with Gasteiger partial charge in [0, 0.05) is 66.0 Å². The van der Waals surface area contributed by atoms with Gasteiger partial charge in [-0.2, -0.15) is 0 Å². The van der Waals surface area contributed by atoms with Crippen molar-refractivity contribution < 1.29 is 4.11 Å². The van der Waals surface area contributed by atoms with Crippen LogP contribution in [0.2, 0.25) is 0 Å². The summed E-state index contributed by atoms with van der Waals surface area (Å²) in [6.07, 6.45) is 1.00. The van der Waals surface area contributed by atoms with Crippen LogP contribution in [-0.4, -0.2) is 6.71 Å². The highest BCUT2D eigenvalue weighted by Gasteiger charge is 2.50. The number of rotatable bonds is 6. The quantitative estimate of drug-likeness (QED) is 0.154. The molecule has 0 saturated carbocycles. The van der Waals surface area contributed by atoms with Crippen LogP contribution in [0.15, 0.2) is 176 Å². The molecular formula is C81H88BN3. The summed E-state index contributed by atoms with van der Waals surface area (Å²) in [5.41, 5.74) is 27.1. The van der Waals surface area contributed by atoms with Crippen LogP contribution in [-0.2, 0) is 37.9 Å². The van der Waals surface area contributed by atoms with E-state index in [0.29, 0.717) is 5.56 Å². The second kappa shape index (κ2) is 19.0. The monoisotopic (exact) mass is 1120 g/mol. The molecule has 0 bridgehead atoms. The number of anilines is 9. The van der Waals surface area contributed by atoms with Gasteiger partial charge in [0.1, 0.15) is 0 Å². The van der Waals surface area contributed by atoms with Crippen LogP contribution in [0, 0.1) is 13.8 Å². The standard InChI is InChI=1S/C81H88BN3/c1-50-41-72-74-73(42-50)85(70-48-65-64(43-51(70)2)80(16,17)60-27-23-24-28-61(60)81(65,18)19)71-47-63-62(78(12,13)49-79(63,14)15)46-67(71)82(74)66-45-58(83(56-34-29-53(30-35-56)75(3,4)5)57-36-31-54(32-37-57)76(6,7)8)38-40-69(66)84(72)68-39-33-55(77(9,10)11)44-59(68)52-25-21-20-22-26-52/h20-48H,49H2,1-19H3/i1D3. The van der Waals surface area contributed by atoms with Crippen molar-refractivity contribution in [3.05, 3.63) is 237 Å². The van der Waals surface area contributed by atoms with Crippen molar-refractivity contribution in [3.8, 4) is 11.1 Å². The van der Waals surface area contributed by atoms with Gasteiger partial charge in [-0.3, -0.25) is 0 Å². The number of hydrogen-bond acceptors (Lipinski definition) is 3. The van der Waals surface area contributed by atoms with E-state index in [2.05, 4.69) is 303 Å². The molecule has 3 nitrogen and oxygen atoms in total. The van der Waals surface area contributed by atoms with E-state index in [0.717, 1.165) is 85.2 Å². The Morgan fingerprint density at radius 3 is 1.41 bits per heavy atom. The van der Waals surface area contributed by atoms with E-state index in [4.69, 9.17) is 0 Å². The number of hydrogen-bond donors (Lipinski definition) is 0. The maximum absolute atomic E-state index is 9.49. The molecule has 2 aliphatic heterocycles. The SMILES string of the molecule is [2H]C([2H])([2H])c1cc2c3c(c1)N(c1ccc(C(C)(C)C)cc1-c1ccccc1)c1ccc(N(c4ccc(C(C)(C)C)cc4)c4ccc(C(C)(C)C)cc4)cc1B3c1cc3c(cc1N2c1cc2c(cc1C)C(C)(C)c1ccccc1C2(C)C)C(C)(C)CC3(C)C. The normalized spacial score (nSPS) is 17.3. The van der Waals surface area contributed by atoms with Crippen molar-refractivity contribution in [3.63, 3.8) is 0 Å². The van der Waals surface area contributed by atoms with Crippen LogP contribution in [0.4, 0.5) is 51.2 Å². The Labute approximate surface area is 514 Å². The largest absolute Gasteiger partial charge is 0.311 e.